The van der Waals surface area contributed by atoms with E-state index in [-0.39, 0.29) is 29.6 Å². The van der Waals surface area contributed by atoms with Crippen LogP contribution in [0.5, 0.6) is 0 Å². The molecule has 140 valence electrons. The molecule has 0 saturated carbocycles. The van der Waals surface area contributed by atoms with E-state index in [4.69, 9.17) is 0 Å². The molecule has 1 fully saturated rings. The molecule has 1 saturated heterocycles. The Morgan fingerprint density at radius 2 is 2.12 bits per heavy atom. The van der Waals surface area contributed by atoms with Gasteiger partial charge < -0.3 is 10.4 Å². The standard InChI is InChI=1S/C22H28FNO2/c1-3-5-17-12-16(10-11-19(17)23)18-13-24-21(20(18)22(25)26)15-8-6-14(4-2)7-9-15/h3,6-9,11,16-18,20-21,24H,1,4-5,10,12-13H2,2H3,(H,25,26)/t16?,17?,18?,20-,21?/m1/s1. The van der Waals surface area contributed by atoms with Crippen molar-refractivity contribution in [2.24, 2.45) is 23.7 Å². The van der Waals surface area contributed by atoms with Crippen LogP contribution < -0.4 is 5.32 Å². The van der Waals surface area contributed by atoms with Crippen molar-refractivity contribution in [1.29, 1.82) is 0 Å². The van der Waals surface area contributed by atoms with Crippen molar-refractivity contribution < 1.29 is 14.3 Å². The van der Waals surface area contributed by atoms with Gasteiger partial charge >= 0.3 is 5.97 Å². The number of carboxylic acid groups (broad SMARTS) is 1. The minimum Gasteiger partial charge on any atom is -0.481 e. The Kier molecular flexibility index (Phi) is 5.92. The van der Waals surface area contributed by atoms with Gasteiger partial charge in [0, 0.05) is 12.0 Å². The van der Waals surface area contributed by atoms with Crippen LogP contribution in [0.15, 0.2) is 48.8 Å². The number of aryl methyl sites for hydroxylation is 1. The van der Waals surface area contributed by atoms with Crippen LogP contribution in [0.25, 0.3) is 0 Å². The summed E-state index contributed by atoms with van der Waals surface area (Å²) >= 11 is 0. The number of carboxylic acids is 1. The summed E-state index contributed by atoms with van der Waals surface area (Å²) in [6.07, 6.45) is 6.31. The number of aliphatic carboxylic acids is 1. The SMILES string of the molecule is C=CCC1CC(C2CNC(c3ccc(CC)cc3)[C@@H]2C(=O)O)CC=C1F. The summed E-state index contributed by atoms with van der Waals surface area (Å²) in [5.41, 5.74) is 2.27. The van der Waals surface area contributed by atoms with Gasteiger partial charge in [0.05, 0.1) is 11.7 Å². The van der Waals surface area contributed by atoms with Crippen molar-refractivity contribution in [2.75, 3.05) is 6.54 Å². The predicted octanol–water partition coefficient (Wildman–Crippen LogP) is 4.67. The number of hydrogen-bond acceptors (Lipinski definition) is 2. The third-order valence-corrected chi connectivity index (χ3v) is 6.08. The lowest BCUT2D eigenvalue weighted by atomic mass is 9.72. The third-order valence-electron chi connectivity index (χ3n) is 6.08. The number of nitrogens with one attached hydrogen (secondary N) is 1. The van der Waals surface area contributed by atoms with Crippen LogP contribution >= 0.6 is 0 Å². The predicted molar refractivity (Wildman–Crippen MR) is 101 cm³/mol. The van der Waals surface area contributed by atoms with Crippen molar-refractivity contribution in [3.63, 3.8) is 0 Å². The van der Waals surface area contributed by atoms with E-state index >= 15 is 0 Å². The molecule has 3 rings (SSSR count). The molecule has 4 heteroatoms. The molecule has 1 aliphatic carbocycles. The molecule has 5 atom stereocenters. The average molecular weight is 357 g/mol. The highest BCUT2D eigenvalue weighted by molar-refractivity contribution is 5.72. The van der Waals surface area contributed by atoms with Crippen LogP contribution in [0.3, 0.4) is 0 Å². The van der Waals surface area contributed by atoms with Crippen molar-refractivity contribution in [3.05, 3.63) is 60.0 Å². The number of hydrogen-bond donors (Lipinski definition) is 2. The van der Waals surface area contributed by atoms with Gasteiger partial charge in [0.1, 0.15) is 0 Å². The molecule has 4 unspecified atom stereocenters. The van der Waals surface area contributed by atoms with Gasteiger partial charge in [-0.1, -0.05) is 43.3 Å². The topological polar surface area (TPSA) is 49.3 Å². The first-order valence-corrected chi connectivity index (χ1v) is 9.56. The Hall–Kier alpha value is -1.94. The smallest absolute Gasteiger partial charge is 0.308 e. The lowest BCUT2D eigenvalue weighted by molar-refractivity contribution is -0.144. The molecule has 0 bridgehead atoms. The zero-order chi connectivity index (χ0) is 18.7. The second-order valence-corrected chi connectivity index (χ2v) is 7.55. The first-order chi connectivity index (χ1) is 12.5. The van der Waals surface area contributed by atoms with Crippen LogP contribution in [0.1, 0.15) is 43.4 Å². The van der Waals surface area contributed by atoms with E-state index in [0.717, 1.165) is 12.0 Å². The first-order valence-electron chi connectivity index (χ1n) is 9.56. The summed E-state index contributed by atoms with van der Waals surface area (Å²) in [4.78, 5) is 12.1. The number of allylic oxidation sites excluding steroid dienone is 3. The van der Waals surface area contributed by atoms with Crippen molar-refractivity contribution in [3.8, 4) is 0 Å². The number of benzene rings is 1. The molecule has 1 aromatic rings. The lowest BCUT2D eigenvalue weighted by Gasteiger charge is -2.32. The number of halogens is 1. The molecular weight excluding hydrogens is 329 g/mol. The Labute approximate surface area is 155 Å². The minimum absolute atomic E-state index is 0.0139. The van der Waals surface area contributed by atoms with E-state index in [9.17, 15) is 14.3 Å². The maximum absolute atomic E-state index is 14.0. The van der Waals surface area contributed by atoms with Crippen LogP contribution in [0, 0.1) is 23.7 Å². The van der Waals surface area contributed by atoms with Crippen molar-refractivity contribution in [2.45, 2.75) is 38.6 Å². The monoisotopic (exact) mass is 357 g/mol. The summed E-state index contributed by atoms with van der Waals surface area (Å²) in [6.45, 7) is 6.49. The highest BCUT2D eigenvalue weighted by Crippen LogP contribution is 2.44. The highest BCUT2D eigenvalue weighted by atomic mass is 19.1. The summed E-state index contributed by atoms with van der Waals surface area (Å²) in [5, 5.41) is 13.4. The zero-order valence-corrected chi connectivity index (χ0v) is 15.3. The van der Waals surface area contributed by atoms with Gasteiger partial charge in [-0.15, -0.1) is 6.58 Å². The highest BCUT2D eigenvalue weighted by Gasteiger charge is 2.46. The molecule has 0 spiro atoms. The van der Waals surface area contributed by atoms with Crippen LogP contribution in [-0.2, 0) is 11.2 Å². The fourth-order valence-electron chi connectivity index (χ4n) is 4.60. The van der Waals surface area contributed by atoms with Gasteiger partial charge in [0.2, 0.25) is 0 Å². The summed E-state index contributed by atoms with van der Waals surface area (Å²) in [5.74, 6) is -1.26. The fraction of sp³-hybridized carbons (Fsp3) is 0.500. The average Bonchev–Trinajstić information content (AvgIpc) is 3.09. The Morgan fingerprint density at radius 3 is 2.73 bits per heavy atom. The van der Waals surface area contributed by atoms with Crippen LogP contribution in [0.2, 0.25) is 0 Å². The number of carbonyl (C=O) groups is 1. The molecule has 1 heterocycles. The van der Waals surface area contributed by atoms with Gasteiger partial charge in [-0.3, -0.25) is 4.79 Å². The second-order valence-electron chi connectivity index (χ2n) is 7.55. The Balaban J connectivity index is 1.80. The maximum atomic E-state index is 14.0. The van der Waals surface area contributed by atoms with Crippen LogP contribution in [0.4, 0.5) is 4.39 Å². The molecule has 0 radical (unpaired) electrons. The van der Waals surface area contributed by atoms with Gasteiger partial charge in [0.15, 0.2) is 0 Å². The summed E-state index contributed by atoms with van der Waals surface area (Å²) in [7, 11) is 0. The van der Waals surface area contributed by atoms with Gasteiger partial charge in [0.25, 0.3) is 0 Å². The van der Waals surface area contributed by atoms with Gasteiger partial charge in [-0.05, 0) is 55.2 Å². The summed E-state index contributed by atoms with van der Waals surface area (Å²) < 4.78 is 14.0. The van der Waals surface area contributed by atoms with E-state index in [1.54, 1.807) is 12.2 Å². The van der Waals surface area contributed by atoms with E-state index in [2.05, 4.69) is 31.0 Å². The van der Waals surface area contributed by atoms with E-state index < -0.39 is 11.9 Å². The molecule has 1 aromatic carbocycles. The van der Waals surface area contributed by atoms with Crippen LogP contribution in [-0.4, -0.2) is 17.6 Å². The molecular formula is C22H28FNO2. The van der Waals surface area contributed by atoms with E-state index in [1.807, 2.05) is 12.1 Å². The fourth-order valence-corrected chi connectivity index (χ4v) is 4.60. The zero-order valence-electron chi connectivity index (χ0n) is 15.3. The Bertz CT molecular complexity index is 682. The lowest BCUT2D eigenvalue weighted by Crippen LogP contribution is -2.32. The van der Waals surface area contributed by atoms with E-state index in [1.165, 1.54) is 5.56 Å². The number of rotatable bonds is 6. The molecule has 2 N–H and O–H groups in total. The molecule has 2 aliphatic rings. The van der Waals surface area contributed by atoms with E-state index in [0.29, 0.717) is 25.8 Å². The second kappa shape index (κ2) is 8.17. The third kappa shape index (κ3) is 3.75. The molecule has 0 amide bonds. The van der Waals surface area contributed by atoms with Gasteiger partial charge in [-0.25, -0.2) is 4.39 Å². The summed E-state index contributed by atoms with van der Waals surface area (Å²) in [6, 6.07) is 8.03. The van der Waals surface area contributed by atoms with Crippen molar-refractivity contribution >= 4 is 5.97 Å². The molecule has 3 nitrogen and oxygen atoms in total. The quantitative estimate of drug-likeness (QED) is 0.728. The first kappa shape index (κ1) is 18.8. The Morgan fingerprint density at radius 1 is 1.38 bits per heavy atom. The van der Waals surface area contributed by atoms with Gasteiger partial charge in [-0.2, -0.15) is 0 Å². The normalized spacial score (nSPS) is 31.5. The minimum atomic E-state index is -0.764. The van der Waals surface area contributed by atoms with Crippen molar-refractivity contribution in [1.82, 2.24) is 5.32 Å². The maximum Gasteiger partial charge on any atom is 0.308 e. The largest absolute Gasteiger partial charge is 0.481 e. The molecule has 26 heavy (non-hydrogen) atoms. The molecule has 1 aliphatic heterocycles. The molecule has 0 aromatic heterocycles.